The minimum absolute atomic E-state index is 0.0688. The van der Waals surface area contributed by atoms with Crippen LogP contribution in [0, 0.1) is 12.7 Å². The molecule has 2 aliphatic heterocycles. The maximum absolute atomic E-state index is 13.7. The molecule has 1 amide bonds. The van der Waals surface area contributed by atoms with Crippen molar-refractivity contribution in [2.24, 2.45) is 0 Å². The van der Waals surface area contributed by atoms with E-state index in [-0.39, 0.29) is 17.3 Å². The van der Waals surface area contributed by atoms with Crippen LogP contribution in [-0.2, 0) is 16.1 Å². The Kier molecular flexibility index (Phi) is 4.59. The molecule has 0 aliphatic carbocycles. The normalized spacial score (nSPS) is 22.7. The van der Waals surface area contributed by atoms with Gasteiger partial charge in [-0.15, -0.1) is 11.3 Å². The van der Waals surface area contributed by atoms with Crippen LogP contribution in [0.5, 0.6) is 0 Å². The van der Waals surface area contributed by atoms with Crippen LogP contribution in [0.15, 0.2) is 35.7 Å². The van der Waals surface area contributed by atoms with Crippen molar-refractivity contribution in [2.75, 3.05) is 25.1 Å². The van der Waals surface area contributed by atoms with Gasteiger partial charge in [0, 0.05) is 37.3 Å². The Labute approximate surface area is 157 Å². The zero-order valence-electron chi connectivity index (χ0n) is 15.1. The van der Waals surface area contributed by atoms with Crippen LogP contribution in [0.1, 0.15) is 23.3 Å². The van der Waals surface area contributed by atoms with E-state index < -0.39 is 6.10 Å². The highest BCUT2D eigenvalue weighted by Gasteiger charge is 2.61. The predicted molar refractivity (Wildman–Crippen MR) is 101 cm³/mol. The Morgan fingerprint density at radius 1 is 1.31 bits per heavy atom. The molecule has 0 bridgehead atoms. The van der Waals surface area contributed by atoms with Crippen LogP contribution >= 0.6 is 11.3 Å². The van der Waals surface area contributed by atoms with E-state index in [0.717, 1.165) is 32.5 Å². The summed E-state index contributed by atoms with van der Waals surface area (Å²) in [6.45, 7) is 4.90. The molecule has 2 aromatic rings. The molecule has 1 spiro atoms. The lowest BCUT2D eigenvalue weighted by atomic mass is 9.72. The van der Waals surface area contributed by atoms with E-state index in [1.54, 1.807) is 35.5 Å². The number of ether oxygens (including phenoxy) is 1. The van der Waals surface area contributed by atoms with Crippen LogP contribution in [-0.4, -0.2) is 42.6 Å². The Balaban J connectivity index is 1.53. The van der Waals surface area contributed by atoms with E-state index in [9.17, 15) is 9.18 Å². The number of methoxy groups -OCH3 is 1. The highest BCUT2D eigenvalue weighted by Crippen LogP contribution is 2.45. The molecule has 2 saturated heterocycles. The minimum Gasteiger partial charge on any atom is -0.369 e. The molecule has 26 heavy (non-hydrogen) atoms. The first kappa shape index (κ1) is 17.6. The first-order valence-corrected chi connectivity index (χ1v) is 9.81. The summed E-state index contributed by atoms with van der Waals surface area (Å²) in [5.41, 5.74) is 1.61. The van der Waals surface area contributed by atoms with Gasteiger partial charge in [0.15, 0.2) is 6.10 Å². The van der Waals surface area contributed by atoms with Gasteiger partial charge in [0.05, 0.1) is 5.54 Å². The summed E-state index contributed by atoms with van der Waals surface area (Å²) in [5, 5.41) is 2.13. The van der Waals surface area contributed by atoms with Crippen LogP contribution in [0.4, 0.5) is 10.1 Å². The summed E-state index contributed by atoms with van der Waals surface area (Å²) in [7, 11) is 1.59. The second-order valence-electron chi connectivity index (χ2n) is 7.18. The fourth-order valence-electron chi connectivity index (χ4n) is 4.29. The molecule has 0 saturated carbocycles. The van der Waals surface area contributed by atoms with Crippen LogP contribution in [0.25, 0.3) is 0 Å². The van der Waals surface area contributed by atoms with Gasteiger partial charge in [-0.1, -0.05) is 6.07 Å². The van der Waals surface area contributed by atoms with E-state index >= 15 is 0 Å². The van der Waals surface area contributed by atoms with Gasteiger partial charge in [0.2, 0.25) is 0 Å². The van der Waals surface area contributed by atoms with Gasteiger partial charge in [0.25, 0.3) is 5.91 Å². The monoisotopic (exact) mass is 374 g/mol. The highest BCUT2D eigenvalue weighted by atomic mass is 32.1. The Hall–Kier alpha value is -1.76. The SMILES string of the molecule is COC1C(=O)N(c2cccc(F)c2)C12CCN(Cc1sccc1C)CC2. The molecule has 6 heteroatoms. The lowest BCUT2D eigenvalue weighted by Crippen LogP contribution is -2.77. The smallest absolute Gasteiger partial charge is 0.259 e. The number of carbonyl (C=O) groups is 1. The maximum atomic E-state index is 13.7. The number of likely N-dealkylation sites (tertiary alicyclic amines) is 1. The van der Waals surface area contributed by atoms with Crippen molar-refractivity contribution in [3.05, 3.63) is 52.0 Å². The van der Waals surface area contributed by atoms with Crippen molar-refractivity contribution in [2.45, 2.75) is 38.0 Å². The summed E-state index contributed by atoms with van der Waals surface area (Å²) >= 11 is 1.79. The first-order valence-electron chi connectivity index (χ1n) is 8.93. The van der Waals surface area contributed by atoms with Crippen molar-refractivity contribution >= 4 is 22.9 Å². The number of aryl methyl sites for hydroxylation is 1. The number of amides is 1. The Bertz CT molecular complexity index is 814. The average Bonchev–Trinajstić information content (AvgIpc) is 3.02. The minimum atomic E-state index is -0.434. The van der Waals surface area contributed by atoms with Gasteiger partial charge >= 0.3 is 0 Å². The van der Waals surface area contributed by atoms with E-state index in [1.807, 2.05) is 0 Å². The van der Waals surface area contributed by atoms with E-state index in [4.69, 9.17) is 4.74 Å². The first-order chi connectivity index (χ1) is 12.5. The summed E-state index contributed by atoms with van der Waals surface area (Å²) in [6, 6.07) is 8.45. The molecule has 0 radical (unpaired) electrons. The molecular weight excluding hydrogens is 351 g/mol. The van der Waals surface area contributed by atoms with E-state index in [1.165, 1.54) is 22.6 Å². The summed E-state index contributed by atoms with van der Waals surface area (Å²) in [4.78, 5) is 18.2. The standard InChI is InChI=1S/C20H23FN2O2S/c1-14-6-11-26-17(14)13-22-9-7-20(8-10-22)18(25-2)19(24)23(20)16-5-3-4-15(21)12-16/h3-6,11-12,18H,7-10,13H2,1-2H3. The van der Waals surface area contributed by atoms with E-state index in [2.05, 4.69) is 23.3 Å². The molecule has 1 aromatic heterocycles. The third kappa shape index (κ3) is 2.76. The number of thiophene rings is 1. The number of rotatable bonds is 4. The third-order valence-electron chi connectivity index (χ3n) is 5.74. The average molecular weight is 374 g/mol. The van der Waals surface area contributed by atoms with Crippen molar-refractivity contribution in [3.8, 4) is 0 Å². The highest BCUT2D eigenvalue weighted by molar-refractivity contribution is 7.10. The van der Waals surface area contributed by atoms with Gasteiger partial charge in [-0.25, -0.2) is 4.39 Å². The largest absolute Gasteiger partial charge is 0.369 e. The molecule has 0 N–H and O–H groups in total. The number of carbonyl (C=O) groups excluding carboxylic acids is 1. The Morgan fingerprint density at radius 2 is 2.08 bits per heavy atom. The van der Waals surface area contributed by atoms with Crippen molar-refractivity contribution in [3.63, 3.8) is 0 Å². The van der Waals surface area contributed by atoms with Crippen molar-refractivity contribution in [1.82, 2.24) is 4.90 Å². The number of halogens is 1. The fourth-order valence-corrected chi connectivity index (χ4v) is 5.24. The summed E-state index contributed by atoms with van der Waals surface area (Å²) in [6.07, 6.45) is 1.23. The van der Waals surface area contributed by atoms with Gasteiger partial charge in [-0.05, 0) is 55.0 Å². The second kappa shape index (κ2) is 6.76. The molecule has 1 aromatic carbocycles. The van der Waals surface area contributed by atoms with Crippen LogP contribution in [0.2, 0.25) is 0 Å². The molecule has 2 fully saturated rings. The lowest BCUT2D eigenvalue weighted by Gasteiger charge is -2.59. The zero-order chi connectivity index (χ0) is 18.3. The molecule has 1 unspecified atom stereocenters. The van der Waals surface area contributed by atoms with E-state index in [0.29, 0.717) is 5.69 Å². The lowest BCUT2D eigenvalue weighted by molar-refractivity contribution is -0.151. The van der Waals surface area contributed by atoms with Crippen molar-refractivity contribution in [1.29, 1.82) is 0 Å². The third-order valence-corrected chi connectivity index (χ3v) is 6.75. The number of β-lactam (4-membered cyclic amide) rings is 1. The predicted octanol–water partition coefficient (Wildman–Crippen LogP) is 3.59. The number of piperidine rings is 1. The number of hydrogen-bond donors (Lipinski definition) is 0. The molecule has 138 valence electrons. The zero-order valence-corrected chi connectivity index (χ0v) is 15.9. The number of anilines is 1. The molecule has 1 atom stereocenters. The molecule has 2 aliphatic rings. The number of benzene rings is 1. The van der Waals surface area contributed by atoms with Gasteiger partial charge in [0.1, 0.15) is 5.82 Å². The Morgan fingerprint density at radius 3 is 2.69 bits per heavy atom. The summed E-state index contributed by atoms with van der Waals surface area (Å²) in [5.74, 6) is -0.391. The fraction of sp³-hybridized carbons (Fsp3) is 0.450. The number of hydrogen-bond acceptors (Lipinski definition) is 4. The molecule has 4 rings (SSSR count). The quantitative estimate of drug-likeness (QED) is 0.767. The topological polar surface area (TPSA) is 32.8 Å². The number of nitrogens with zero attached hydrogens (tertiary/aromatic N) is 2. The molecule has 3 heterocycles. The van der Waals surface area contributed by atoms with Crippen molar-refractivity contribution < 1.29 is 13.9 Å². The van der Waals surface area contributed by atoms with Crippen LogP contribution < -0.4 is 4.90 Å². The molecular formula is C20H23FN2O2S. The molecule has 4 nitrogen and oxygen atoms in total. The maximum Gasteiger partial charge on any atom is 0.259 e. The van der Waals surface area contributed by atoms with Gasteiger partial charge in [-0.2, -0.15) is 0 Å². The summed E-state index contributed by atoms with van der Waals surface area (Å²) < 4.78 is 19.2. The van der Waals surface area contributed by atoms with Gasteiger partial charge in [-0.3, -0.25) is 9.69 Å². The van der Waals surface area contributed by atoms with Crippen LogP contribution in [0.3, 0.4) is 0 Å². The second-order valence-corrected chi connectivity index (χ2v) is 8.18. The van der Waals surface area contributed by atoms with Gasteiger partial charge < -0.3 is 9.64 Å².